The molecule has 1 aromatic heterocycles. The molecule has 3 fully saturated rings. The van der Waals surface area contributed by atoms with Crippen LogP contribution in [0.4, 0.5) is 0 Å². The van der Waals surface area contributed by atoms with Crippen LogP contribution < -0.4 is 4.74 Å². The van der Waals surface area contributed by atoms with E-state index >= 15 is 0 Å². The molecule has 0 radical (unpaired) electrons. The molecule has 3 aliphatic rings. The Bertz CT molecular complexity index is 809. The van der Waals surface area contributed by atoms with Crippen molar-refractivity contribution in [3.63, 3.8) is 0 Å². The molecule has 3 aliphatic heterocycles. The summed E-state index contributed by atoms with van der Waals surface area (Å²) >= 11 is 0. The molecule has 5 nitrogen and oxygen atoms in total. The van der Waals surface area contributed by atoms with Crippen LogP contribution in [0.2, 0.25) is 0 Å². The lowest BCUT2D eigenvalue weighted by Gasteiger charge is -2.54. The van der Waals surface area contributed by atoms with Gasteiger partial charge in [-0.1, -0.05) is 6.08 Å². The Morgan fingerprint density at radius 1 is 1.44 bits per heavy atom. The van der Waals surface area contributed by atoms with Gasteiger partial charge in [0, 0.05) is 24.2 Å². The molecular weight excluding hydrogens is 316 g/mol. The summed E-state index contributed by atoms with van der Waals surface area (Å²) < 4.78 is 5.33. The highest BCUT2D eigenvalue weighted by molar-refractivity contribution is 5.83. The van der Waals surface area contributed by atoms with Crippen LogP contribution in [-0.2, 0) is 0 Å². The fourth-order valence-electron chi connectivity index (χ4n) is 4.45. The molecule has 2 bridgehead atoms. The van der Waals surface area contributed by atoms with E-state index in [1.165, 1.54) is 0 Å². The van der Waals surface area contributed by atoms with Crippen molar-refractivity contribution in [1.29, 1.82) is 0 Å². The van der Waals surface area contributed by atoms with Crippen molar-refractivity contribution >= 4 is 10.9 Å². The van der Waals surface area contributed by atoms with Gasteiger partial charge in [0.15, 0.2) is 0 Å². The van der Waals surface area contributed by atoms with E-state index in [0.717, 1.165) is 41.6 Å². The van der Waals surface area contributed by atoms with E-state index in [0.29, 0.717) is 6.54 Å². The number of nitrogens with zero attached hydrogens (tertiary/aromatic N) is 2. The maximum atomic E-state index is 11.2. The topological polar surface area (TPSA) is 65.8 Å². The number of aromatic nitrogens is 1. The van der Waals surface area contributed by atoms with Crippen LogP contribution in [0.5, 0.6) is 5.75 Å². The SMILES string of the molecule is C=C[C@]1(O)CN2CC[C@@H]1C[C@H]2[C@@H](O)c1ccnc2ccc(OC)cc12. The monoisotopic (exact) mass is 340 g/mol. The average Bonchev–Trinajstić information content (AvgIpc) is 2.66. The van der Waals surface area contributed by atoms with Crippen molar-refractivity contribution in [3.8, 4) is 5.75 Å². The van der Waals surface area contributed by atoms with Gasteiger partial charge < -0.3 is 14.9 Å². The van der Waals surface area contributed by atoms with Gasteiger partial charge >= 0.3 is 0 Å². The molecule has 3 saturated heterocycles. The molecule has 5 rings (SSSR count). The Kier molecular flexibility index (Phi) is 4.02. The fourth-order valence-corrected chi connectivity index (χ4v) is 4.45. The van der Waals surface area contributed by atoms with E-state index in [1.54, 1.807) is 19.4 Å². The van der Waals surface area contributed by atoms with E-state index in [4.69, 9.17) is 4.74 Å². The molecule has 1 aromatic carbocycles. The van der Waals surface area contributed by atoms with Gasteiger partial charge in [-0.3, -0.25) is 9.88 Å². The summed E-state index contributed by atoms with van der Waals surface area (Å²) in [6, 6.07) is 7.60. The molecular formula is C20H24N2O3. The zero-order valence-corrected chi connectivity index (χ0v) is 14.4. The van der Waals surface area contributed by atoms with Crippen LogP contribution in [0.25, 0.3) is 10.9 Å². The van der Waals surface area contributed by atoms with Crippen molar-refractivity contribution in [3.05, 3.63) is 48.7 Å². The molecule has 1 unspecified atom stereocenters. The predicted octanol–water partition coefficient (Wildman–Crippen LogP) is 2.29. The lowest BCUT2D eigenvalue weighted by Crippen LogP contribution is -2.63. The van der Waals surface area contributed by atoms with Crippen molar-refractivity contribution in [2.24, 2.45) is 5.92 Å². The fraction of sp³-hybridized carbons (Fsp3) is 0.450. The van der Waals surface area contributed by atoms with Crippen LogP contribution in [0, 0.1) is 5.92 Å². The number of methoxy groups -OCH3 is 1. The second-order valence-electron chi connectivity index (χ2n) is 7.18. The molecule has 4 heterocycles. The predicted molar refractivity (Wildman–Crippen MR) is 96.5 cm³/mol. The summed E-state index contributed by atoms with van der Waals surface area (Å²) in [6.45, 7) is 5.24. The molecule has 132 valence electrons. The number of ether oxygens (including phenoxy) is 1. The highest BCUT2D eigenvalue weighted by Crippen LogP contribution is 2.44. The number of aliphatic hydroxyl groups is 2. The van der Waals surface area contributed by atoms with Crippen molar-refractivity contribution < 1.29 is 14.9 Å². The second-order valence-corrected chi connectivity index (χ2v) is 7.18. The average molecular weight is 340 g/mol. The Balaban J connectivity index is 1.69. The van der Waals surface area contributed by atoms with Crippen molar-refractivity contribution in [2.45, 2.75) is 30.6 Å². The first-order valence-electron chi connectivity index (χ1n) is 8.76. The Morgan fingerprint density at radius 2 is 2.28 bits per heavy atom. The maximum absolute atomic E-state index is 11.2. The summed E-state index contributed by atoms with van der Waals surface area (Å²) in [5.74, 6) is 0.901. The smallest absolute Gasteiger partial charge is 0.119 e. The van der Waals surface area contributed by atoms with Gasteiger partial charge in [0.2, 0.25) is 0 Å². The molecule has 5 atom stereocenters. The number of piperidine rings is 3. The molecule has 2 aromatic rings. The number of aliphatic hydroxyl groups excluding tert-OH is 1. The number of rotatable bonds is 4. The largest absolute Gasteiger partial charge is 0.497 e. The van der Waals surface area contributed by atoms with E-state index in [-0.39, 0.29) is 12.0 Å². The van der Waals surface area contributed by atoms with Gasteiger partial charge in [-0.05, 0) is 55.1 Å². The third-order valence-electron chi connectivity index (χ3n) is 5.94. The number of hydrogen-bond acceptors (Lipinski definition) is 5. The zero-order chi connectivity index (χ0) is 17.6. The summed E-state index contributed by atoms with van der Waals surface area (Å²) in [5, 5.41) is 22.8. The maximum Gasteiger partial charge on any atom is 0.119 e. The molecule has 0 aliphatic carbocycles. The first kappa shape index (κ1) is 16.5. The van der Waals surface area contributed by atoms with Crippen LogP contribution in [0.1, 0.15) is 24.5 Å². The van der Waals surface area contributed by atoms with Crippen LogP contribution in [-0.4, -0.2) is 51.9 Å². The van der Waals surface area contributed by atoms with Crippen LogP contribution >= 0.6 is 0 Å². The van der Waals surface area contributed by atoms with Crippen LogP contribution in [0.15, 0.2) is 43.1 Å². The first-order chi connectivity index (χ1) is 12.1. The summed E-state index contributed by atoms with van der Waals surface area (Å²) in [5.41, 5.74) is 0.873. The number of hydrogen-bond donors (Lipinski definition) is 2. The lowest BCUT2D eigenvalue weighted by molar-refractivity contribution is -0.127. The number of benzene rings is 1. The third-order valence-corrected chi connectivity index (χ3v) is 5.94. The second kappa shape index (κ2) is 6.09. The summed E-state index contributed by atoms with van der Waals surface area (Å²) in [6.07, 6.45) is 4.48. The Labute approximate surface area is 147 Å². The summed E-state index contributed by atoms with van der Waals surface area (Å²) in [7, 11) is 1.63. The third kappa shape index (κ3) is 2.63. The van der Waals surface area contributed by atoms with E-state index in [2.05, 4.69) is 16.5 Å². The zero-order valence-electron chi connectivity index (χ0n) is 14.4. The molecule has 2 N–H and O–H groups in total. The molecule has 0 spiro atoms. The minimum absolute atomic E-state index is 0.00391. The number of fused-ring (bicyclic) bond motifs is 4. The molecule has 0 amide bonds. The quantitative estimate of drug-likeness (QED) is 0.836. The highest BCUT2D eigenvalue weighted by Gasteiger charge is 2.49. The Hall–Kier alpha value is -1.95. The van der Waals surface area contributed by atoms with Gasteiger partial charge in [-0.25, -0.2) is 0 Å². The summed E-state index contributed by atoms with van der Waals surface area (Å²) in [4.78, 5) is 6.59. The Morgan fingerprint density at radius 3 is 2.96 bits per heavy atom. The normalized spacial score (nSPS) is 32.5. The minimum Gasteiger partial charge on any atom is -0.497 e. The van der Waals surface area contributed by atoms with Gasteiger partial charge in [-0.2, -0.15) is 0 Å². The number of pyridine rings is 1. The van der Waals surface area contributed by atoms with E-state index in [1.807, 2.05) is 24.3 Å². The van der Waals surface area contributed by atoms with Crippen molar-refractivity contribution in [2.75, 3.05) is 20.2 Å². The molecule has 25 heavy (non-hydrogen) atoms. The molecule has 5 heteroatoms. The lowest BCUT2D eigenvalue weighted by atomic mass is 9.71. The van der Waals surface area contributed by atoms with Gasteiger partial charge in [0.25, 0.3) is 0 Å². The van der Waals surface area contributed by atoms with Gasteiger partial charge in [-0.15, -0.1) is 6.58 Å². The van der Waals surface area contributed by atoms with Crippen LogP contribution in [0.3, 0.4) is 0 Å². The van der Waals surface area contributed by atoms with Gasteiger partial charge in [0.1, 0.15) is 5.75 Å². The van der Waals surface area contributed by atoms with Gasteiger partial charge in [0.05, 0.1) is 24.3 Å². The highest BCUT2D eigenvalue weighted by atomic mass is 16.5. The van der Waals surface area contributed by atoms with E-state index < -0.39 is 11.7 Å². The first-order valence-corrected chi connectivity index (χ1v) is 8.76. The van der Waals surface area contributed by atoms with E-state index in [9.17, 15) is 10.2 Å². The molecule has 0 saturated carbocycles. The standard InChI is InChI=1S/C20H24N2O3/c1-3-20(24)12-22-9-7-13(20)10-18(22)19(23)15-6-8-21-17-5-4-14(25-2)11-16(15)17/h3-6,8,11,13,18-19,23-24H,1,7,9-10,12H2,2H3/t13-,18+,19+,20+/m1/s1. The minimum atomic E-state index is -0.835. The van der Waals surface area contributed by atoms with Crippen molar-refractivity contribution in [1.82, 2.24) is 9.88 Å².